The summed E-state index contributed by atoms with van der Waals surface area (Å²) in [6.07, 6.45) is 0. The molecular weight excluding hydrogens is 408 g/mol. The van der Waals surface area contributed by atoms with Crippen LogP contribution in [0.1, 0.15) is 5.56 Å². The van der Waals surface area contributed by atoms with Crippen LogP contribution in [0.15, 0.2) is 109 Å². The van der Waals surface area contributed by atoms with Crippen molar-refractivity contribution in [3.8, 4) is 6.07 Å². The third kappa shape index (κ3) is 3.01. The molecule has 0 spiro atoms. The van der Waals surface area contributed by atoms with Crippen molar-refractivity contribution in [2.75, 3.05) is 4.90 Å². The molecule has 0 radical (unpaired) electrons. The quantitative estimate of drug-likeness (QED) is 0.283. The minimum Gasteiger partial charge on any atom is -0.310 e. The molecule has 6 rings (SSSR count). The highest BCUT2D eigenvalue weighted by molar-refractivity contribution is 7.26. The highest BCUT2D eigenvalue weighted by Gasteiger charge is 2.15. The molecule has 32 heavy (non-hydrogen) atoms. The number of rotatable bonds is 3. The second-order valence-corrected chi connectivity index (χ2v) is 8.86. The Labute approximate surface area is 190 Å². The average molecular weight is 427 g/mol. The first-order chi connectivity index (χ1) is 15.8. The number of hydrogen-bond acceptors (Lipinski definition) is 3. The van der Waals surface area contributed by atoms with Gasteiger partial charge in [0.15, 0.2) is 0 Å². The maximum Gasteiger partial charge on any atom is 0.0991 e. The minimum atomic E-state index is 0.661. The lowest BCUT2D eigenvalue weighted by molar-refractivity contribution is 1.29. The molecule has 0 atom stereocenters. The van der Waals surface area contributed by atoms with Crippen molar-refractivity contribution >= 4 is 59.3 Å². The smallest absolute Gasteiger partial charge is 0.0991 e. The van der Waals surface area contributed by atoms with Crippen LogP contribution in [0.25, 0.3) is 30.9 Å². The average Bonchev–Trinajstić information content (AvgIpc) is 3.24. The van der Waals surface area contributed by atoms with Crippen molar-refractivity contribution in [1.82, 2.24) is 0 Å². The lowest BCUT2D eigenvalue weighted by Crippen LogP contribution is -2.09. The number of para-hydroxylation sites is 1. The van der Waals surface area contributed by atoms with Crippen LogP contribution in [0, 0.1) is 11.3 Å². The van der Waals surface area contributed by atoms with E-state index < -0.39 is 0 Å². The molecule has 0 saturated carbocycles. The van der Waals surface area contributed by atoms with Crippen LogP contribution in [0.3, 0.4) is 0 Å². The molecule has 3 heteroatoms. The van der Waals surface area contributed by atoms with E-state index in [1.807, 2.05) is 41.7 Å². The maximum absolute atomic E-state index is 9.20. The van der Waals surface area contributed by atoms with Crippen LogP contribution < -0.4 is 4.90 Å². The molecule has 0 aliphatic carbocycles. The van der Waals surface area contributed by atoms with Gasteiger partial charge in [-0.3, -0.25) is 0 Å². The maximum atomic E-state index is 9.20. The minimum absolute atomic E-state index is 0.661. The van der Waals surface area contributed by atoms with Gasteiger partial charge < -0.3 is 4.90 Å². The Morgan fingerprint density at radius 1 is 0.594 bits per heavy atom. The monoisotopic (exact) mass is 426 g/mol. The number of nitrogens with zero attached hydrogens (tertiary/aromatic N) is 2. The third-order valence-corrected chi connectivity index (χ3v) is 6.99. The predicted octanol–water partition coefficient (Wildman–Crippen LogP) is 8.55. The normalized spacial score (nSPS) is 11.1. The summed E-state index contributed by atoms with van der Waals surface area (Å²) in [4.78, 5) is 2.24. The number of thiophene rings is 1. The molecule has 0 aliphatic rings. The highest BCUT2D eigenvalue weighted by Crippen LogP contribution is 2.42. The van der Waals surface area contributed by atoms with Crippen molar-refractivity contribution in [2.45, 2.75) is 0 Å². The Morgan fingerprint density at radius 3 is 2.12 bits per heavy atom. The van der Waals surface area contributed by atoms with Crippen molar-refractivity contribution in [3.63, 3.8) is 0 Å². The standard InChI is InChI=1S/C29H18N2S/c30-19-20-10-13-23(14-11-20)31(22-7-2-1-3-8-22)24-15-16-26-28(18-24)32-27-17-12-21-6-4-5-9-25(21)29(26)27/h1-18H. The fourth-order valence-corrected chi connectivity index (χ4v) is 5.54. The zero-order valence-electron chi connectivity index (χ0n) is 17.2. The molecule has 0 amide bonds. The van der Waals surface area contributed by atoms with E-state index in [1.165, 1.54) is 30.9 Å². The van der Waals surface area contributed by atoms with E-state index in [9.17, 15) is 5.26 Å². The van der Waals surface area contributed by atoms with Gasteiger partial charge in [0.1, 0.15) is 0 Å². The summed E-state index contributed by atoms with van der Waals surface area (Å²) in [6, 6.07) is 40.1. The zero-order valence-corrected chi connectivity index (χ0v) is 18.0. The largest absolute Gasteiger partial charge is 0.310 e. The van der Waals surface area contributed by atoms with Crippen LogP contribution in [0.2, 0.25) is 0 Å². The Balaban J connectivity index is 1.57. The van der Waals surface area contributed by atoms with Crippen molar-refractivity contribution in [2.24, 2.45) is 0 Å². The Morgan fingerprint density at radius 2 is 1.31 bits per heavy atom. The molecule has 0 N–H and O–H groups in total. The van der Waals surface area contributed by atoms with Gasteiger partial charge >= 0.3 is 0 Å². The molecule has 1 heterocycles. The Kier molecular flexibility index (Phi) is 4.38. The molecule has 6 aromatic rings. The second-order valence-electron chi connectivity index (χ2n) is 7.77. The van der Waals surface area contributed by atoms with Gasteiger partial charge in [-0.2, -0.15) is 5.26 Å². The van der Waals surface area contributed by atoms with E-state index in [2.05, 4.69) is 89.8 Å². The summed E-state index contributed by atoms with van der Waals surface area (Å²) in [7, 11) is 0. The van der Waals surface area contributed by atoms with Gasteiger partial charge in [-0.25, -0.2) is 0 Å². The van der Waals surface area contributed by atoms with Gasteiger partial charge in [0.25, 0.3) is 0 Å². The number of hydrogen-bond donors (Lipinski definition) is 0. The molecule has 0 bridgehead atoms. The summed E-state index contributed by atoms with van der Waals surface area (Å²) in [5.74, 6) is 0. The summed E-state index contributed by atoms with van der Waals surface area (Å²) < 4.78 is 2.57. The van der Waals surface area contributed by atoms with E-state index in [-0.39, 0.29) is 0 Å². The van der Waals surface area contributed by atoms with Crippen LogP contribution in [-0.4, -0.2) is 0 Å². The van der Waals surface area contributed by atoms with Crippen molar-refractivity contribution in [3.05, 3.63) is 115 Å². The van der Waals surface area contributed by atoms with Crippen LogP contribution in [0.4, 0.5) is 17.1 Å². The molecule has 0 saturated heterocycles. The van der Waals surface area contributed by atoms with Gasteiger partial charge in [0, 0.05) is 37.2 Å². The summed E-state index contributed by atoms with van der Waals surface area (Å²) in [5, 5.41) is 14.4. The van der Waals surface area contributed by atoms with Crippen LogP contribution >= 0.6 is 11.3 Å². The lowest BCUT2D eigenvalue weighted by atomic mass is 10.0. The van der Waals surface area contributed by atoms with E-state index in [1.54, 1.807) is 0 Å². The number of nitriles is 1. The van der Waals surface area contributed by atoms with Crippen molar-refractivity contribution in [1.29, 1.82) is 5.26 Å². The first-order valence-corrected chi connectivity index (χ1v) is 11.3. The molecule has 0 unspecified atom stereocenters. The summed E-state index contributed by atoms with van der Waals surface area (Å²) >= 11 is 1.83. The van der Waals surface area contributed by atoms with Gasteiger partial charge in [0.2, 0.25) is 0 Å². The fourth-order valence-electron chi connectivity index (χ4n) is 4.38. The summed E-state index contributed by atoms with van der Waals surface area (Å²) in [6.45, 7) is 0. The molecule has 5 aromatic carbocycles. The van der Waals surface area contributed by atoms with Crippen LogP contribution in [-0.2, 0) is 0 Å². The summed E-state index contributed by atoms with van der Waals surface area (Å²) in [5.41, 5.74) is 3.88. The zero-order chi connectivity index (χ0) is 21.5. The van der Waals surface area contributed by atoms with E-state index in [0.717, 1.165) is 17.1 Å². The SMILES string of the molecule is N#Cc1ccc(N(c2ccccc2)c2ccc3c(c2)sc2ccc4ccccc4c23)cc1. The number of anilines is 3. The van der Waals surface area contributed by atoms with Gasteiger partial charge in [-0.1, -0.05) is 54.6 Å². The van der Waals surface area contributed by atoms with Gasteiger partial charge in [-0.15, -0.1) is 11.3 Å². The van der Waals surface area contributed by atoms with Gasteiger partial charge in [-0.05, 0) is 65.4 Å². The first kappa shape index (κ1) is 18.6. The third-order valence-electron chi connectivity index (χ3n) is 5.87. The van der Waals surface area contributed by atoms with E-state index in [4.69, 9.17) is 0 Å². The molecule has 150 valence electrons. The number of benzene rings is 5. The lowest BCUT2D eigenvalue weighted by Gasteiger charge is -2.25. The molecule has 0 fully saturated rings. The number of fused-ring (bicyclic) bond motifs is 5. The highest BCUT2D eigenvalue weighted by atomic mass is 32.1. The van der Waals surface area contributed by atoms with Crippen LogP contribution in [0.5, 0.6) is 0 Å². The molecule has 0 aliphatic heterocycles. The second kappa shape index (κ2) is 7.53. The van der Waals surface area contributed by atoms with E-state index >= 15 is 0 Å². The molecule has 2 nitrogen and oxygen atoms in total. The fraction of sp³-hybridized carbons (Fsp3) is 0. The Bertz CT molecular complexity index is 1620. The van der Waals surface area contributed by atoms with Crippen molar-refractivity contribution < 1.29 is 0 Å². The van der Waals surface area contributed by atoms with Gasteiger partial charge in [0.05, 0.1) is 11.6 Å². The van der Waals surface area contributed by atoms with E-state index in [0.29, 0.717) is 5.56 Å². The topological polar surface area (TPSA) is 27.0 Å². The predicted molar refractivity (Wildman–Crippen MR) is 136 cm³/mol. The molecule has 1 aromatic heterocycles. The first-order valence-electron chi connectivity index (χ1n) is 10.5. The molecular formula is C29H18N2S. The Hall–Kier alpha value is -4.13.